The van der Waals surface area contributed by atoms with E-state index in [0.29, 0.717) is 6.61 Å². The van der Waals surface area contributed by atoms with Crippen LogP contribution in [0.4, 0.5) is 0 Å². The Labute approximate surface area is 162 Å². The molecule has 138 valence electrons. The molecule has 1 saturated heterocycles. The average Bonchev–Trinajstić information content (AvgIpc) is 2.59. The first-order valence-electron chi connectivity index (χ1n) is 8.36. The van der Waals surface area contributed by atoms with Crippen LogP contribution in [0.3, 0.4) is 0 Å². The molecule has 6 heteroatoms. The number of halogens is 2. The highest BCUT2D eigenvalue weighted by Gasteiger charge is 2.09. The molecule has 1 fully saturated rings. The molecule has 0 unspecified atom stereocenters. The summed E-state index contributed by atoms with van der Waals surface area (Å²) < 4.78 is 5.74. The molecular weight excluding hydrogens is 357 g/mol. The van der Waals surface area contributed by atoms with Gasteiger partial charge in [-0.05, 0) is 30.2 Å². The van der Waals surface area contributed by atoms with Crippen molar-refractivity contribution in [3.8, 4) is 5.75 Å². The second kappa shape index (κ2) is 11.3. The highest BCUT2D eigenvalue weighted by atomic mass is 35.5. The summed E-state index contributed by atoms with van der Waals surface area (Å²) in [6.07, 6.45) is 2.70. The Balaban J connectivity index is 0.00000156. The zero-order valence-corrected chi connectivity index (χ0v) is 16.2. The van der Waals surface area contributed by atoms with Gasteiger partial charge < -0.3 is 10.1 Å². The van der Waals surface area contributed by atoms with Crippen LogP contribution in [0.1, 0.15) is 16.8 Å². The molecule has 1 aliphatic rings. The molecule has 0 radical (unpaired) electrons. The number of nitrogens with one attached hydrogen (secondary N) is 1. The van der Waals surface area contributed by atoms with Crippen LogP contribution in [0.2, 0.25) is 0 Å². The predicted octanol–water partition coefficient (Wildman–Crippen LogP) is 3.26. The van der Waals surface area contributed by atoms with Crippen LogP contribution in [0.15, 0.2) is 42.6 Å². The van der Waals surface area contributed by atoms with E-state index in [2.05, 4.69) is 39.5 Å². The first-order valence-corrected chi connectivity index (χ1v) is 8.36. The lowest BCUT2D eigenvalue weighted by Crippen LogP contribution is -2.42. The molecular formula is C19H27Cl2N3O. The summed E-state index contributed by atoms with van der Waals surface area (Å²) >= 11 is 0. The van der Waals surface area contributed by atoms with E-state index in [4.69, 9.17) is 4.74 Å². The fourth-order valence-electron chi connectivity index (χ4n) is 2.77. The highest BCUT2D eigenvalue weighted by Crippen LogP contribution is 2.11. The number of nitrogens with zero attached hydrogens (tertiary/aromatic N) is 2. The zero-order chi connectivity index (χ0) is 15.9. The van der Waals surface area contributed by atoms with Gasteiger partial charge in [0.2, 0.25) is 0 Å². The number of hydrogen-bond acceptors (Lipinski definition) is 4. The first-order chi connectivity index (χ1) is 11.3. The Bertz CT molecular complexity index is 599. The van der Waals surface area contributed by atoms with Gasteiger partial charge in [0.15, 0.2) is 0 Å². The van der Waals surface area contributed by atoms with Crippen LogP contribution in [0.25, 0.3) is 0 Å². The minimum absolute atomic E-state index is 0. The van der Waals surface area contributed by atoms with E-state index in [1.54, 1.807) is 6.20 Å². The number of aromatic nitrogens is 1. The SMILES string of the molecule is Cc1ccc(OCCc2ccc(CN3CCNCC3)cc2)cn1.Cl.Cl. The van der Waals surface area contributed by atoms with Gasteiger partial charge in [0.25, 0.3) is 0 Å². The first kappa shape index (κ1) is 21.7. The molecule has 3 rings (SSSR count). The van der Waals surface area contributed by atoms with Crippen LogP contribution in [0, 0.1) is 6.92 Å². The zero-order valence-electron chi connectivity index (χ0n) is 14.6. The molecule has 1 aliphatic heterocycles. The lowest BCUT2D eigenvalue weighted by atomic mass is 10.1. The van der Waals surface area contributed by atoms with Crippen molar-refractivity contribution in [3.05, 3.63) is 59.4 Å². The second-order valence-electron chi connectivity index (χ2n) is 6.08. The van der Waals surface area contributed by atoms with Crippen LogP contribution in [-0.4, -0.2) is 42.7 Å². The Kier molecular flexibility index (Phi) is 9.83. The van der Waals surface area contributed by atoms with Crippen LogP contribution >= 0.6 is 24.8 Å². The third-order valence-corrected chi connectivity index (χ3v) is 4.18. The Morgan fingerprint density at radius 3 is 2.32 bits per heavy atom. The molecule has 0 amide bonds. The molecule has 0 bridgehead atoms. The molecule has 0 spiro atoms. The smallest absolute Gasteiger partial charge is 0.137 e. The van der Waals surface area contributed by atoms with Crippen molar-refractivity contribution in [2.75, 3.05) is 32.8 Å². The molecule has 0 aliphatic carbocycles. The van der Waals surface area contributed by atoms with Crippen molar-refractivity contribution in [3.63, 3.8) is 0 Å². The maximum absolute atomic E-state index is 5.74. The van der Waals surface area contributed by atoms with E-state index in [9.17, 15) is 0 Å². The summed E-state index contributed by atoms with van der Waals surface area (Å²) in [5.74, 6) is 0.839. The monoisotopic (exact) mass is 383 g/mol. The number of ether oxygens (including phenoxy) is 1. The largest absolute Gasteiger partial charge is 0.492 e. The number of piperazine rings is 1. The minimum atomic E-state index is 0. The summed E-state index contributed by atoms with van der Waals surface area (Å²) in [6.45, 7) is 8.19. The molecule has 2 heterocycles. The fraction of sp³-hybridized carbons (Fsp3) is 0.421. The summed E-state index contributed by atoms with van der Waals surface area (Å²) in [5.41, 5.74) is 3.71. The van der Waals surface area contributed by atoms with Crippen molar-refractivity contribution in [1.29, 1.82) is 0 Å². The summed E-state index contributed by atoms with van der Waals surface area (Å²) in [7, 11) is 0. The molecule has 1 aromatic heterocycles. The van der Waals surface area contributed by atoms with Gasteiger partial charge >= 0.3 is 0 Å². The third-order valence-electron chi connectivity index (χ3n) is 4.18. The van der Waals surface area contributed by atoms with Gasteiger partial charge in [0.1, 0.15) is 5.75 Å². The van der Waals surface area contributed by atoms with Crippen LogP contribution in [0.5, 0.6) is 5.75 Å². The number of rotatable bonds is 6. The van der Waals surface area contributed by atoms with Crippen molar-refractivity contribution in [2.24, 2.45) is 0 Å². The number of hydrogen-bond donors (Lipinski definition) is 1. The summed E-state index contributed by atoms with van der Waals surface area (Å²) in [5, 5.41) is 3.39. The van der Waals surface area contributed by atoms with Crippen molar-refractivity contribution in [2.45, 2.75) is 19.9 Å². The molecule has 25 heavy (non-hydrogen) atoms. The molecule has 4 nitrogen and oxygen atoms in total. The number of aryl methyl sites for hydroxylation is 1. The van der Waals surface area contributed by atoms with Crippen LogP contribution in [-0.2, 0) is 13.0 Å². The van der Waals surface area contributed by atoms with Gasteiger partial charge in [-0.25, -0.2) is 0 Å². The van der Waals surface area contributed by atoms with Gasteiger partial charge in [0, 0.05) is 44.8 Å². The van der Waals surface area contributed by atoms with Gasteiger partial charge in [-0.2, -0.15) is 0 Å². The van der Waals surface area contributed by atoms with E-state index in [1.165, 1.54) is 11.1 Å². The van der Waals surface area contributed by atoms with E-state index in [1.807, 2.05) is 19.1 Å². The van der Waals surface area contributed by atoms with Crippen molar-refractivity contribution < 1.29 is 4.74 Å². The number of pyridine rings is 1. The minimum Gasteiger partial charge on any atom is -0.492 e. The van der Waals surface area contributed by atoms with Gasteiger partial charge in [-0.3, -0.25) is 9.88 Å². The van der Waals surface area contributed by atoms with Crippen molar-refractivity contribution in [1.82, 2.24) is 15.2 Å². The second-order valence-corrected chi connectivity index (χ2v) is 6.08. The predicted molar refractivity (Wildman–Crippen MR) is 107 cm³/mol. The van der Waals surface area contributed by atoms with E-state index in [-0.39, 0.29) is 24.8 Å². The molecule has 0 atom stereocenters. The fourth-order valence-corrected chi connectivity index (χ4v) is 2.77. The Morgan fingerprint density at radius 1 is 1.00 bits per heavy atom. The Hall–Kier alpha value is -1.33. The lowest BCUT2D eigenvalue weighted by Gasteiger charge is -2.27. The van der Waals surface area contributed by atoms with Crippen LogP contribution < -0.4 is 10.1 Å². The third kappa shape index (κ3) is 7.20. The topological polar surface area (TPSA) is 37.4 Å². The normalized spacial score (nSPS) is 14.3. The van der Waals surface area contributed by atoms with E-state index >= 15 is 0 Å². The Morgan fingerprint density at radius 2 is 1.68 bits per heavy atom. The number of benzene rings is 1. The average molecular weight is 384 g/mol. The standard InChI is InChI=1S/C19H25N3O.2ClH/c1-16-2-7-19(14-21-16)23-13-8-17-3-5-18(6-4-17)15-22-11-9-20-10-12-22;;/h2-7,14,20H,8-13,15H2,1H3;2*1H. The lowest BCUT2D eigenvalue weighted by molar-refractivity contribution is 0.233. The molecule has 0 saturated carbocycles. The molecule has 1 aromatic carbocycles. The highest BCUT2D eigenvalue weighted by molar-refractivity contribution is 5.85. The molecule has 1 N–H and O–H groups in total. The quantitative estimate of drug-likeness (QED) is 0.830. The van der Waals surface area contributed by atoms with Gasteiger partial charge in [-0.15, -0.1) is 24.8 Å². The van der Waals surface area contributed by atoms with E-state index < -0.39 is 0 Å². The van der Waals surface area contributed by atoms with Gasteiger partial charge in [0.05, 0.1) is 12.8 Å². The van der Waals surface area contributed by atoms with E-state index in [0.717, 1.165) is 50.6 Å². The summed E-state index contributed by atoms with van der Waals surface area (Å²) in [6, 6.07) is 12.9. The maximum atomic E-state index is 5.74. The van der Waals surface area contributed by atoms with Crippen molar-refractivity contribution >= 4 is 24.8 Å². The van der Waals surface area contributed by atoms with Gasteiger partial charge in [-0.1, -0.05) is 24.3 Å². The molecule has 2 aromatic rings. The summed E-state index contributed by atoms with van der Waals surface area (Å²) in [4.78, 5) is 6.74. The maximum Gasteiger partial charge on any atom is 0.137 e.